The van der Waals surface area contributed by atoms with Gasteiger partial charge in [0.15, 0.2) is 5.03 Å². The maximum atomic E-state index is 11.5. The third-order valence-corrected chi connectivity index (χ3v) is 4.02. The molecule has 1 heterocycles. The summed E-state index contributed by atoms with van der Waals surface area (Å²) in [5.41, 5.74) is 0. The molecule has 0 amide bonds. The van der Waals surface area contributed by atoms with Crippen LogP contribution >= 0.6 is 15.9 Å². The van der Waals surface area contributed by atoms with E-state index in [4.69, 9.17) is 0 Å². The molecular weight excluding hydrogens is 270 g/mol. The van der Waals surface area contributed by atoms with Crippen LogP contribution in [0.2, 0.25) is 0 Å². The molecule has 7 heteroatoms. The van der Waals surface area contributed by atoms with Crippen molar-refractivity contribution >= 4 is 26.0 Å². The number of imidazole rings is 1. The van der Waals surface area contributed by atoms with E-state index in [2.05, 4.69) is 30.6 Å². The van der Waals surface area contributed by atoms with Crippen LogP contribution in [0.15, 0.2) is 17.6 Å². The van der Waals surface area contributed by atoms with Crippen molar-refractivity contribution < 1.29 is 8.42 Å². The van der Waals surface area contributed by atoms with E-state index in [1.54, 1.807) is 0 Å². The van der Waals surface area contributed by atoms with E-state index in [0.717, 1.165) is 6.42 Å². The first-order chi connectivity index (χ1) is 6.56. The number of alkyl halides is 1. The highest BCUT2D eigenvalue weighted by atomic mass is 79.9. The molecular formula is C7H12BrN3O2S. The molecule has 0 saturated heterocycles. The van der Waals surface area contributed by atoms with E-state index in [1.165, 1.54) is 12.5 Å². The van der Waals surface area contributed by atoms with Crippen LogP contribution in [0.4, 0.5) is 0 Å². The number of halogens is 1. The van der Waals surface area contributed by atoms with Gasteiger partial charge in [-0.1, -0.05) is 22.9 Å². The van der Waals surface area contributed by atoms with Gasteiger partial charge in [-0.3, -0.25) is 0 Å². The zero-order valence-electron chi connectivity index (χ0n) is 7.70. The van der Waals surface area contributed by atoms with Crippen molar-refractivity contribution in [3.63, 3.8) is 0 Å². The lowest BCUT2D eigenvalue weighted by atomic mass is 10.3. The Labute approximate surface area is 91.5 Å². The van der Waals surface area contributed by atoms with Crippen molar-refractivity contribution in [1.29, 1.82) is 0 Å². The van der Waals surface area contributed by atoms with Gasteiger partial charge in [-0.25, -0.2) is 18.1 Å². The Morgan fingerprint density at radius 1 is 1.71 bits per heavy atom. The first kappa shape index (κ1) is 11.7. The second kappa shape index (κ2) is 4.90. The highest BCUT2D eigenvalue weighted by Crippen LogP contribution is 2.06. The van der Waals surface area contributed by atoms with E-state index in [9.17, 15) is 8.42 Å². The predicted molar refractivity (Wildman–Crippen MR) is 56.8 cm³/mol. The lowest BCUT2D eigenvalue weighted by molar-refractivity contribution is 0.577. The molecule has 1 unspecified atom stereocenters. The minimum atomic E-state index is -3.42. The Kier molecular flexibility index (Phi) is 4.09. The molecule has 0 aromatic carbocycles. The smallest absolute Gasteiger partial charge is 0.257 e. The first-order valence-corrected chi connectivity index (χ1v) is 6.58. The van der Waals surface area contributed by atoms with Gasteiger partial charge in [0.1, 0.15) is 0 Å². The van der Waals surface area contributed by atoms with Gasteiger partial charge in [0.05, 0.1) is 12.5 Å². The number of rotatable bonds is 5. The Morgan fingerprint density at radius 2 is 2.43 bits per heavy atom. The topological polar surface area (TPSA) is 74.8 Å². The maximum absolute atomic E-state index is 11.5. The van der Waals surface area contributed by atoms with Crippen molar-refractivity contribution in [2.45, 2.75) is 23.2 Å². The Morgan fingerprint density at radius 3 is 2.93 bits per heavy atom. The highest BCUT2D eigenvalue weighted by Gasteiger charge is 2.15. The fourth-order valence-corrected chi connectivity index (χ4v) is 2.17. The molecule has 80 valence electrons. The van der Waals surface area contributed by atoms with Crippen molar-refractivity contribution in [3.8, 4) is 0 Å². The van der Waals surface area contributed by atoms with E-state index in [0.29, 0.717) is 6.54 Å². The molecule has 0 aliphatic carbocycles. The number of hydrogen-bond donors (Lipinski definition) is 2. The molecule has 2 N–H and O–H groups in total. The van der Waals surface area contributed by atoms with Gasteiger partial charge in [0, 0.05) is 11.4 Å². The highest BCUT2D eigenvalue weighted by molar-refractivity contribution is 9.09. The summed E-state index contributed by atoms with van der Waals surface area (Å²) in [7, 11) is -3.42. The van der Waals surface area contributed by atoms with Gasteiger partial charge in [-0.2, -0.15) is 0 Å². The molecule has 0 radical (unpaired) electrons. The van der Waals surface area contributed by atoms with E-state index in [1.807, 2.05) is 6.92 Å². The van der Waals surface area contributed by atoms with Crippen LogP contribution in [0.25, 0.3) is 0 Å². The standard InChI is InChI=1S/C7H12BrN3O2S/c1-2-6(8)3-11-14(12,13)7-4-9-5-10-7/h4-6,11H,2-3H2,1H3,(H,9,10). The van der Waals surface area contributed by atoms with Gasteiger partial charge in [-0.05, 0) is 6.42 Å². The molecule has 0 aliphatic rings. The number of aromatic nitrogens is 2. The first-order valence-electron chi connectivity index (χ1n) is 4.18. The van der Waals surface area contributed by atoms with E-state index in [-0.39, 0.29) is 9.85 Å². The lowest BCUT2D eigenvalue weighted by Gasteiger charge is -2.07. The summed E-state index contributed by atoms with van der Waals surface area (Å²) in [6.07, 6.45) is 3.48. The molecule has 0 fully saturated rings. The van der Waals surface area contributed by atoms with Crippen molar-refractivity contribution in [2.24, 2.45) is 0 Å². The van der Waals surface area contributed by atoms with Crippen molar-refractivity contribution in [2.75, 3.05) is 6.54 Å². The van der Waals surface area contributed by atoms with Crippen LogP contribution < -0.4 is 4.72 Å². The zero-order valence-corrected chi connectivity index (χ0v) is 10.1. The summed E-state index contributed by atoms with van der Waals surface area (Å²) in [4.78, 5) is 6.34. The van der Waals surface area contributed by atoms with Gasteiger partial charge >= 0.3 is 0 Å². The molecule has 0 spiro atoms. The molecule has 0 saturated carbocycles. The summed E-state index contributed by atoms with van der Waals surface area (Å²) >= 11 is 3.34. The Balaban J connectivity index is 2.60. The van der Waals surface area contributed by atoms with Crippen LogP contribution in [0.3, 0.4) is 0 Å². The summed E-state index contributed by atoms with van der Waals surface area (Å²) in [6.45, 7) is 2.35. The summed E-state index contributed by atoms with van der Waals surface area (Å²) in [5, 5.41) is 0.0910. The maximum Gasteiger partial charge on any atom is 0.257 e. The second-order valence-corrected chi connectivity index (χ2v) is 5.80. The summed E-state index contributed by atoms with van der Waals surface area (Å²) < 4.78 is 25.5. The van der Waals surface area contributed by atoms with Crippen LogP contribution in [0.1, 0.15) is 13.3 Å². The molecule has 0 aliphatic heterocycles. The normalized spacial score (nSPS) is 14.1. The predicted octanol–water partition coefficient (Wildman–Crippen LogP) is 0.862. The molecule has 1 aromatic rings. The monoisotopic (exact) mass is 281 g/mol. The molecule has 1 atom stereocenters. The van der Waals surface area contributed by atoms with E-state index >= 15 is 0 Å². The SMILES string of the molecule is CCC(Br)CNS(=O)(=O)c1cnc[nH]1. The number of H-pyrrole nitrogens is 1. The quantitative estimate of drug-likeness (QED) is 0.787. The number of sulfonamides is 1. The molecule has 0 bridgehead atoms. The van der Waals surface area contributed by atoms with Gasteiger partial charge in [-0.15, -0.1) is 0 Å². The zero-order chi connectivity index (χ0) is 10.6. The van der Waals surface area contributed by atoms with Crippen LogP contribution in [-0.2, 0) is 10.0 Å². The van der Waals surface area contributed by atoms with Gasteiger partial charge < -0.3 is 4.98 Å². The fourth-order valence-electron chi connectivity index (χ4n) is 0.812. The number of nitrogens with one attached hydrogen (secondary N) is 2. The average molecular weight is 282 g/mol. The van der Waals surface area contributed by atoms with Crippen LogP contribution in [-0.4, -0.2) is 29.8 Å². The van der Waals surface area contributed by atoms with Crippen LogP contribution in [0, 0.1) is 0 Å². The summed E-state index contributed by atoms with van der Waals surface area (Å²) in [5.74, 6) is 0. The lowest BCUT2D eigenvalue weighted by Crippen LogP contribution is -2.29. The minimum Gasteiger partial charge on any atom is -0.335 e. The molecule has 1 rings (SSSR count). The van der Waals surface area contributed by atoms with Crippen molar-refractivity contribution in [3.05, 3.63) is 12.5 Å². The van der Waals surface area contributed by atoms with Crippen molar-refractivity contribution in [1.82, 2.24) is 14.7 Å². The third kappa shape index (κ3) is 3.07. The van der Waals surface area contributed by atoms with E-state index < -0.39 is 10.0 Å². The number of aromatic amines is 1. The molecule has 1 aromatic heterocycles. The molecule has 5 nitrogen and oxygen atoms in total. The second-order valence-electron chi connectivity index (χ2n) is 2.77. The minimum absolute atomic E-state index is 0.0910. The largest absolute Gasteiger partial charge is 0.335 e. The average Bonchev–Trinajstić information content (AvgIpc) is 2.67. The van der Waals surface area contributed by atoms with Crippen LogP contribution in [0.5, 0.6) is 0 Å². The van der Waals surface area contributed by atoms with Gasteiger partial charge in [0.2, 0.25) is 0 Å². The third-order valence-electron chi connectivity index (χ3n) is 1.70. The number of nitrogens with zero attached hydrogens (tertiary/aromatic N) is 1. The fraction of sp³-hybridized carbons (Fsp3) is 0.571. The molecule has 14 heavy (non-hydrogen) atoms. The summed E-state index contributed by atoms with van der Waals surface area (Å²) in [6, 6.07) is 0. The Hall–Kier alpha value is -0.400. The number of hydrogen-bond acceptors (Lipinski definition) is 3. The Bertz CT molecular complexity index is 362. The van der Waals surface area contributed by atoms with Gasteiger partial charge in [0.25, 0.3) is 10.0 Å².